The number of benzene rings is 1. The molecule has 1 aromatic rings. The third kappa shape index (κ3) is 2.98. The first-order valence-corrected chi connectivity index (χ1v) is 6.81. The molecule has 1 heterocycles. The number of nitrogens with zero attached hydrogens (tertiary/aromatic N) is 1. The van der Waals surface area contributed by atoms with Crippen LogP contribution in [0.25, 0.3) is 0 Å². The molecule has 2 rings (SSSR count). The maximum atomic E-state index is 12.2. The summed E-state index contributed by atoms with van der Waals surface area (Å²) in [6.45, 7) is 4.52. The maximum Gasteiger partial charge on any atom is 0.223 e. The van der Waals surface area contributed by atoms with Crippen LogP contribution in [-0.4, -0.2) is 24.5 Å². The highest BCUT2D eigenvalue weighted by Gasteiger charge is 2.30. The van der Waals surface area contributed by atoms with Crippen LogP contribution < -0.4 is 4.74 Å². The van der Waals surface area contributed by atoms with Gasteiger partial charge < -0.3 is 9.64 Å². The van der Waals surface area contributed by atoms with E-state index in [1.807, 2.05) is 23.1 Å². The zero-order chi connectivity index (χ0) is 13.7. The van der Waals surface area contributed by atoms with Crippen molar-refractivity contribution in [2.24, 2.45) is 0 Å². The van der Waals surface area contributed by atoms with Crippen LogP contribution in [0.4, 0.5) is 0 Å². The molecule has 0 N–H and O–H groups in total. The summed E-state index contributed by atoms with van der Waals surface area (Å²) in [6.07, 6.45) is 5.16. The summed E-state index contributed by atoms with van der Waals surface area (Å²) in [6, 6.07) is 8.14. The van der Waals surface area contributed by atoms with E-state index in [-0.39, 0.29) is 11.9 Å². The van der Waals surface area contributed by atoms with Crippen LogP contribution in [0.3, 0.4) is 0 Å². The van der Waals surface area contributed by atoms with Crippen LogP contribution >= 0.6 is 0 Å². The van der Waals surface area contributed by atoms with Gasteiger partial charge in [-0.2, -0.15) is 0 Å². The lowest BCUT2D eigenvalue weighted by Crippen LogP contribution is -2.30. The summed E-state index contributed by atoms with van der Waals surface area (Å²) in [5.74, 6) is 1.09. The Labute approximate surface area is 114 Å². The van der Waals surface area contributed by atoms with Crippen molar-refractivity contribution in [1.29, 1.82) is 0 Å². The van der Waals surface area contributed by atoms with E-state index in [0.717, 1.165) is 37.1 Å². The molecular formula is C16H21NO2. The fraction of sp³-hybridized carbons (Fsp3) is 0.438. The second kappa shape index (κ2) is 6.41. The van der Waals surface area contributed by atoms with Gasteiger partial charge in [0.2, 0.25) is 5.91 Å². The Balaban J connectivity index is 2.18. The largest absolute Gasteiger partial charge is 0.496 e. The second-order valence-electron chi connectivity index (χ2n) is 4.81. The molecule has 1 fully saturated rings. The number of hydrogen-bond acceptors (Lipinski definition) is 2. The first-order valence-electron chi connectivity index (χ1n) is 6.81. The normalized spacial score (nSPS) is 18.4. The fourth-order valence-corrected chi connectivity index (χ4v) is 2.70. The number of amides is 1. The smallest absolute Gasteiger partial charge is 0.223 e. The molecule has 0 bridgehead atoms. The van der Waals surface area contributed by atoms with Gasteiger partial charge in [-0.1, -0.05) is 24.3 Å². The lowest BCUT2D eigenvalue weighted by atomic mass is 10.0. The molecule has 1 amide bonds. The topological polar surface area (TPSA) is 29.5 Å². The first-order chi connectivity index (χ1) is 9.27. The Hall–Kier alpha value is -1.77. The van der Waals surface area contributed by atoms with Crippen molar-refractivity contribution in [1.82, 2.24) is 4.90 Å². The summed E-state index contributed by atoms with van der Waals surface area (Å²) < 4.78 is 5.41. The van der Waals surface area contributed by atoms with Gasteiger partial charge in [-0.25, -0.2) is 0 Å². The van der Waals surface area contributed by atoms with Crippen LogP contribution in [0.5, 0.6) is 5.75 Å². The molecule has 1 saturated heterocycles. The summed E-state index contributed by atoms with van der Waals surface area (Å²) in [7, 11) is 1.68. The van der Waals surface area contributed by atoms with Crippen LogP contribution in [0, 0.1) is 0 Å². The SMILES string of the molecule is C=CCCC(=O)N1CCCC1c1ccccc1OC. The predicted molar refractivity (Wildman–Crippen MR) is 76.1 cm³/mol. The van der Waals surface area contributed by atoms with E-state index in [1.54, 1.807) is 13.2 Å². The highest BCUT2D eigenvalue weighted by Crippen LogP contribution is 2.37. The predicted octanol–water partition coefficient (Wildman–Crippen LogP) is 3.32. The number of ether oxygens (including phenoxy) is 1. The number of methoxy groups -OCH3 is 1. The van der Waals surface area contributed by atoms with E-state index in [0.29, 0.717) is 6.42 Å². The van der Waals surface area contributed by atoms with Crippen molar-refractivity contribution < 1.29 is 9.53 Å². The Bertz CT molecular complexity index is 456. The number of rotatable bonds is 5. The quantitative estimate of drug-likeness (QED) is 0.759. The average molecular weight is 259 g/mol. The van der Waals surface area contributed by atoms with Gasteiger partial charge in [-0.15, -0.1) is 6.58 Å². The highest BCUT2D eigenvalue weighted by molar-refractivity contribution is 5.77. The van der Waals surface area contributed by atoms with Gasteiger partial charge in [0.1, 0.15) is 5.75 Å². The monoisotopic (exact) mass is 259 g/mol. The Kier molecular flexibility index (Phi) is 4.61. The molecule has 1 atom stereocenters. The summed E-state index contributed by atoms with van der Waals surface area (Å²) >= 11 is 0. The molecule has 0 spiro atoms. The van der Waals surface area contributed by atoms with Gasteiger partial charge in [0, 0.05) is 18.5 Å². The number of para-hydroxylation sites is 1. The van der Waals surface area contributed by atoms with E-state index in [1.165, 1.54) is 0 Å². The van der Waals surface area contributed by atoms with E-state index < -0.39 is 0 Å². The lowest BCUT2D eigenvalue weighted by molar-refractivity contribution is -0.132. The van der Waals surface area contributed by atoms with Gasteiger partial charge in [-0.05, 0) is 25.3 Å². The van der Waals surface area contributed by atoms with Crippen LogP contribution in [0.15, 0.2) is 36.9 Å². The summed E-state index contributed by atoms with van der Waals surface area (Å²) in [4.78, 5) is 14.2. The maximum absolute atomic E-state index is 12.2. The van der Waals surface area contributed by atoms with E-state index in [4.69, 9.17) is 4.74 Å². The minimum Gasteiger partial charge on any atom is -0.496 e. The number of carbonyl (C=O) groups is 1. The van der Waals surface area contributed by atoms with Gasteiger partial charge >= 0.3 is 0 Å². The average Bonchev–Trinajstić information content (AvgIpc) is 2.94. The fourth-order valence-electron chi connectivity index (χ4n) is 2.70. The van der Waals surface area contributed by atoms with Crippen molar-refractivity contribution in [3.63, 3.8) is 0 Å². The van der Waals surface area contributed by atoms with Crippen molar-refractivity contribution >= 4 is 5.91 Å². The highest BCUT2D eigenvalue weighted by atomic mass is 16.5. The van der Waals surface area contributed by atoms with Gasteiger partial charge in [0.05, 0.1) is 13.2 Å². The third-order valence-corrected chi connectivity index (χ3v) is 3.63. The molecule has 0 radical (unpaired) electrons. The molecule has 0 saturated carbocycles. The van der Waals surface area contributed by atoms with Crippen molar-refractivity contribution in [2.75, 3.05) is 13.7 Å². The molecule has 19 heavy (non-hydrogen) atoms. The zero-order valence-corrected chi connectivity index (χ0v) is 11.5. The van der Waals surface area contributed by atoms with Gasteiger partial charge in [0.15, 0.2) is 0 Å². The van der Waals surface area contributed by atoms with Crippen molar-refractivity contribution in [3.8, 4) is 5.75 Å². The molecule has 102 valence electrons. The van der Waals surface area contributed by atoms with E-state index in [2.05, 4.69) is 12.6 Å². The molecule has 1 aliphatic rings. The molecule has 1 aliphatic heterocycles. The van der Waals surface area contributed by atoms with Crippen LogP contribution in [0.2, 0.25) is 0 Å². The lowest BCUT2D eigenvalue weighted by Gasteiger charge is -2.26. The number of hydrogen-bond donors (Lipinski definition) is 0. The minimum atomic E-state index is 0.161. The van der Waals surface area contributed by atoms with Crippen LogP contribution in [0.1, 0.15) is 37.3 Å². The number of allylic oxidation sites excluding steroid dienone is 1. The van der Waals surface area contributed by atoms with Crippen LogP contribution in [-0.2, 0) is 4.79 Å². The standard InChI is InChI=1S/C16H21NO2/c1-3-4-11-16(18)17-12-7-9-14(17)13-8-5-6-10-15(13)19-2/h3,5-6,8,10,14H,1,4,7,9,11-12H2,2H3. The third-order valence-electron chi connectivity index (χ3n) is 3.63. The van der Waals surface area contributed by atoms with Crippen molar-refractivity contribution in [2.45, 2.75) is 31.7 Å². The number of likely N-dealkylation sites (tertiary alicyclic amines) is 1. The minimum absolute atomic E-state index is 0.161. The molecule has 1 unspecified atom stereocenters. The zero-order valence-electron chi connectivity index (χ0n) is 11.5. The summed E-state index contributed by atoms with van der Waals surface area (Å²) in [5.41, 5.74) is 1.12. The molecule has 0 aromatic heterocycles. The number of carbonyl (C=O) groups excluding carboxylic acids is 1. The molecule has 3 heteroatoms. The van der Waals surface area contributed by atoms with E-state index in [9.17, 15) is 4.79 Å². The molecule has 1 aromatic carbocycles. The molecular weight excluding hydrogens is 238 g/mol. The summed E-state index contributed by atoms with van der Waals surface area (Å²) in [5, 5.41) is 0. The van der Waals surface area contributed by atoms with E-state index >= 15 is 0 Å². The molecule has 0 aliphatic carbocycles. The van der Waals surface area contributed by atoms with Gasteiger partial charge in [-0.3, -0.25) is 4.79 Å². The first kappa shape index (κ1) is 13.7. The Morgan fingerprint density at radius 2 is 2.32 bits per heavy atom. The van der Waals surface area contributed by atoms with Crippen molar-refractivity contribution in [3.05, 3.63) is 42.5 Å². The Morgan fingerprint density at radius 3 is 3.05 bits per heavy atom. The Morgan fingerprint density at radius 1 is 1.53 bits per heavy atom. The van der Waals surface area contributed by atoms with Gasteiger partial charge in [0.25, 0.3) is 0 Å². The molecule has 3 nitrogen and oxygen atoms in total. The second-order valence-corrected chi connectivity index (χ2v) is 4.81.